The molecule has 0 bridgehead atoms. The van der Waals surface area contributed by atoms with Gasteiger partial charge in [0, 0.05) is 6.54 Å². The maximum absolute atomic E-state index is 13.1. The van der Waals surface area contributed by atoms with Crippen molar-refractivity contribution in [2.75, 3.05) is 31.6 Å². The molecule has 2 heterocycles. The van der Waals surface area contributed by atoms with Gasteiger partial charge in [0.05, 0.1) is 23.7 Å². The van der Waals surface area contributed by atoms with Crippen molar-refractivity contribution in [2.45, 2.75) is 18.9 Å². The highest BCUT2D eigenvalue weighted by Gasteiger charge is 2.12. The molecule has 5 nitrogen and oxygen atoms in total. The molecule has 1 saturated heterocycles. The van der Waals surface area contributed by atoms with E-state index in [0.717, 1.165) is 31.4 Å². The minimum absolute atomic E-state index is 0.262. The molecule has 1 aromatic carbocycles. The second kappa shape index (κ2) is 6.19. The Morgan fingerprint density at radius 3 is 3.05 bits per heavy atom. The van der Waals surface area contributed by atoms with Crippen LogP contribution in [-0.2, 0) is 4.74 Å². The van der Waals surface area contributed by atoms with Gasteiger partial charge >= 0.3 is 0 Å². The van der Waals surface area contributed by atoms with E-state index in [1.54, 1.807) is 6.07 Å². The summed E-state index contributed by atoms with van der Waals surface area (Å²) in [5.41, 5.74) is 1.46. The highest BCUT2D eigenvalue weighted by atomic mass is 19.1. The number of benzene rings is 1. The molecule has 1 aliphatic rings. The largest absolute Gasteiger partial charge is 0.376 e. The summed E-state index contributed by atoms with van der Waals surface area (Å²) < 4.78 is 18.9. The third-order valence-corrected chi connectivity index (χ3v) is 3.48. The molecule has 6 heteroatoms. The van der Waals surface area contributed by atoms with E-state index in [1.165, 1.54) is 12.1 Å². The Hall–Kier alpha value is -1.66. The third kappa shape index (κ3) is 3.26. The van der Waals surface area contributed by atoms with Gasteiger partial charge in [-0.05, 0) is 44.1 Å². The zero-order valence-electron chi connectivity index (χ0n) is 11.3. The number of piperidine rings is 1. The lowest BCUT2D eigenvalue weighted by atomic mass is 10.1. The zero-order valence-corrected chi connectivity index (χ0v) is 11.3. The molecule has 1 aromatic heterocycles. The van der Waals surface area contributed by atoms with Crippen LogP contribution in [0.25, 0.3) is 11.0 Å². The molecule has 0 spiro atoms. The average Bonchev–Trinajstić information content (AvgIpc) is 2.86. The van der Waals surface area contributed by atoms with E-state index in [1.807, 2.05) is 0 Å². The molecule has 1 fully saturated rings. The van der Waals surface area contributed by atoms with E-state index in [-0.39, 0.29) is 5.82 Å². The van der Waals surface area contributed by atoms with Gasteiger partial charge in [-0.1, -0.05) is 0 Å². The van der Waals surface area contributed by atoms with E-state index in [2.05, 4.69) is 20.6 Å². The van der Waals surface area contributed by atoms with E-state index in [0.29, 0.717) is 30.7 Å². The fourth-order valence-corrected chi connectivity index (χ4v) is 2.42. The van der Waals surface area contributed by atoms with Gasteiger partial charge in [-0.3, -0.25) is 0 Å². The van der Waals surface area contributed by atoms with E-state index < -0.39 is 0 Å². The van der Waals surface area contributed by atoms with Crippen LogP contribution in [0.1, 0.15) is 12.8 Å². The number of H-pyrrole nitrogens is 1. The van der Waals surface area contributed by atoms with Crippen molar-refractivity contribution in [3.8, 4) is 0 Å². The van der Waals surface area contributed by atoms with Gasteiger partial charge in [-0.15, -0.1) is 0 Å². The number of imidazole rings is 1. The van der Waals surface area contributed by atoms with Crippen LogP contribution in [0.5, 0.6) is 0 Å². The predicted molar refractivity (Wildman–Crippen MR) is 76.4 cm³/mol. The number of hydrogen-bond donors (Lipinski definition) is 3. The number of nitrogens with zero attached hydrogens (tertiary/aromatic N) is 1. The Balaban J connectivity index is 1.47. The van der Waals surface area contributed by atoms with Gasteiger partial charge in [0.2, 0.25) is 5.95 Å². The molecule has 20 heavy (non-hydrogen) atoms. The number of fused-ring (bicyclic) bond motifs is 1. The van der Waals surface area contributed by atoms with E-state index in [4.69, 9.17) is 4.74 Å². The summed E-state index contributed by atoms with van der Waals surface area (Å²) in [7, 11) is 0. The van der Waals surface area contributed by atoms with Crippen molar-refractivity contribution in [3.05, 3.63) is 24.0 Å². The first-order valence-electron chi connectivity index (χ1n) is 7.03. The Kier molecular flexibility index (Phi) is 4.13. The number of aromatic nitrogens is 2. The fourth-order valence-electron chi connectivity index (χ4n) is 2.42. The number of halogens is 1. The molecule has 0 radical (unpaired) electrons. The molecular formula is C14H19FN4O. The highest BCUT2D eigenvalue weighted by molar-refractivity contribution is 5.77. The lowest BCUT2D eigenvalue weighted by Crippen LogP contribution is -2.33. The minimum atomic E-state index is -0.262. The molecule has 2 aromatic rings. The maximum Gasteiger partial charge on any atom is 0.201 e. The van der Waals surface area contributed by atoms with Crippen molar-refractivity contribution in [1.29, 1.82) is 0 Å². The molecule has 3 rings (SSSR count). The summed E-state index contributed by atoms with van der Waals surface area (Å²) in [6, 6.07) is 4.52. The fraction of sp³-hybridized carbons (Fsp3) is 0.500. The molecule has 1 aliphatic heterocycles. The number of hydrogen-bond acceptors (Lipinski definition) is 4. The summed E-state index contributed by atoms with van der Waals surface area (Å²) in [5.74, 6) is 0.390. The second-order valence-electron chi connectivity index (χ2n) is 4.99. The van der Waals surface area contributed by atoms with Crippen molar-refractivity contribution < 1.29 is 9.13 Å². The quantitative estimate of drug-likeness (QED) is 0.731. The first kappa shape index (κ1) is 13.3. The van der Waals surface area contributed by atoms with Gasteiger partial charge in [0.1, 0.15) is 5.82 Å². The standard InChI is InChI=1S/C14H19FN4O/c15-10-1-2-12-13(9-10)19-14(18-12)17-7-8-20-11-3-5-16-6-4-11/h1-2,9,11,16H,3-8H2,(H2,17,18,19). The Labute approximate surface area is 116 Å². The van der Waals surface area contributed by atoms with Crippen molar-refractivity contribution in [3.63, 3.8) is 0 Å². The minimum Gasteiger partial charge on any atom is -0.376 e. The van der Waals surface area contributed by atoms with E-state index in [9.17, 15) is 4.39 Å². The normalized spacial score (nSPS) is 16.6. The summed E-state index contributed by atoms with van der Waals surface area (Å²) in [5, 5.41) is 6.47. The lowest BCUT2D eigenvalue weighted by molar-refractivity contribution is 0.0394. The molecule has 0 unspecified atom stereocenters. The van der Waals surface area contributed by atoms with Crippen LogP contribution in [0.4, 0.5) is 10.3 Å². The van der Waals surface area contributed by atoms with Crippen molar-refractivity contribution in [1.82, 2.24) is 15.3 Å². The second-order valence-corrected chi connectivity index (χ2v) is 4.99. The number of anilines is 1. The van der Waals surface area contributed by atoms with E-state index >= 15 is 0 Å². The van der Waals surface area contributed by atoms with Crippen LogP contribution < -0.4 is 10.6 Å². The van der Waals surface area contributed by atoms with Gasteiger partial charge < -0.3 is 20.4 Å². The molecule has 0 saturated carbocycles. The SMILES string of the molecule is Fc1ccc2nc(NCCOC3CCNCC3)[nH]c2c1. The maximum atomic E-state index is 13.1. The number of nitrogens with one attached hydrogen (secondary N) is 3. The number of aromatic amines is 1. The Morgan fingerprint density at radius 1 is 1.35 bits per heavy atom. The highest BCUT2D eigenvalue weighted by Crippen LogP contribution is 2.15. The molecule has 0 atom stereocenters. The molecular weight excluding hydrogens is 259 g/mol. The predicted octanol–water partition coefficient (Wildman–Crippen LogP) is 1.88. The van der Waals surface area contributed by atoms with Crippen LogP contribution >= 0.6 is 0 Å². The summed E-state index contributed by atoms with van der Waals surface area (Å²) >= 11 is 0. The van der Waals surface area contributed by atoms with Crippen LogP contribution in [0.2, 0.25) is 0 Å². The molecule has 108 valence electrons. The molecule has 3 N–H and O–H groups in total. The Bertz CT molecular complexity index is 565. The first-order valence-corrected chi connectivity index (χ1v) is 7.03. The summed E-state index contributed by atoms with van der Waals surface area (Å²) in [6.07, 6.45) is 2.51. The zero-order chi connectivity index (χ0) is 13.8. The molecule has 0 amide bonds. The lowest BCUT2D eigenvalue weighted by Gasteiger charge is -2.22. The third-order valence-electron chi connectivity index (χ3n) is 3.48. The summed E-state index contributed by atoms with van der Waals surface area (Å²) in [4.78, 5) is 7.39. The van der Waals surface area contributed by atoms with Gasteiger partial charge in [0.25, 0.3) is 0 Å². The number of ether oxygens (including phenoxy) is 1. The average molecular weight is 278 g/mol. The van der Waals surface area contributed by atoms with Gasteiger partial charge in [0.15, 0.2) is 0 Å². The van der Waals surface area contributed by atoms with Crippen LogP contribution in [0, 0.1) is 5.82 Å². The van der Waals surface area contributed by atoms with Crippen molar-refractivity contribution in [2.24, 2.45) is 0 Å². The van der Waals surface area contributed by atoms with Gasteiger partial charge in [-0.25, -0.2) is 9.37 Å². The number of rotatable bonds is 5. The summed E-state index contributed by atoms with van der Waals surface area (Å²) in [6.45, 7) is 3.41. The monoisotopic (exact) mass is 278 g/mol. The van der Waals surface area contributed by atoms with Gasteiger partial charge in [-0.2, -0.15) is 0 Å². The first-order chi connectivity index (χ1) is 9.81. The Morgan fingerprint density at radius 2 is 2.20 bits per heavy atom. The van der Waals surface area contributed by atoms with Crippen LogP contribution in [0.15, 0.2) is 18.2 Å². The smallest absolute Gasteiger partial charge is 0.201 e. The van der Waals surface area contributed by atoms with Crippen LogP contribution in [-0.4, -0.2) is 42.3 Å². The van der Waals surface area contributed by atoms with Crippen molar-refractivity contribution >= 4 is 17.0 Å². The topological polar surface area (TPSA) is 62.0 Å². The molecule has 0 aliphatic carbocycles. The van der Waals surface area contributed by atoms with Crippen LogP contribution in [0.3, 0.4) is 0 Å².